The third-order valence-electron chi connectivity index (χ3n) is 5.88. The molecule has 3 aromatic heterocycles. The summed E-state index contributed by atoms with van der Waals surface area (Å²) >= 11 is 0. The van der Waals surface area contributed by atoms with Crippen molar-refractivity contribution in [3.8, 4) is 5.75 Å². The van der Waals surface area contributed by atoms with Gasteiger partial charge < -0.3 is 19.2 Å². The van der Waals surface area contributed by atoms with Crippen molar-refractivity contribution < 1.29 is 31.8 Å². The summed E-state index contributed by atoms with van der Waals surface area (Å²) in [5, 5.41) is 2.49. The Bertz CT molecular complexity index is 1210. The fourth-order valence-electron chi connectivity index (χ4n) is 4.62. The van der Waals surface area contributed by atoms with Crippen LogP contribution in [-0.2, 0) is 10.2 Å². The van der Waals surface area contributed by atoms with E-state index in [1.165, 1.54) is 28.8 Å². The molecular formula is C21H18F4N4O3. The average Bonchev–Trinajstić information content (AvgIpc) is 3.38. The molecule has 0 unspecified atom stereocenters. The van der Waals surface area contributed by atoms with Gasteiger partial charge in [0.2, 0.25) is 0 Å². The van der Waals surface area contributed by atoms with Crippen molar-refractivity contribution >= 4 is 17.2 Å². The van der Waals surface area contributed by atoms with Crippen LogP contribution in [0, 0.1) is 0 Å². The van der Waals surface area contributed by atoms with Gasteiger partial charge in [0, 0.05) is 23.9 Å². The molecule has 11 heteroatoms. The van der Waals surface area contributed by atoms with Crippen LogP contribution in [0.5, 0.6) is 5.75 Å². The monoisotopic (exact) mass is 450 g/mol. The fourth-order valence-corrected chi connectivity index (χ4v) is 4.62. The Labute approximate surface area is 179 Å². The van der Waals surface area contributed by atoms with Crippen LogP contribution in [0.25, 0.3) is 5.65 Å². The summed E-state index contributed by atoms with van der Waals surface area (Å²) in [4.78, 5) is 20.7. The van der Waals surface area contributed by atoms with E-state index in [1.807, 2.05) is 6.92 Å². The molecule has 1 amide bonds. The Morgan fingerprint density at radius 1 is 1.22 bits per heavy atom. The van der Waals surface area contributed by atoms with E-state index in [0.29, 0.717) is 12.3 Å². The minimum Gasteiger partial charge on any atom is -0.431 e. The summed E-state index contributed by atoms with van der Waals surface area (Å²) in [6.45, 7) is -0.590. The molecule has 5 heterocycles. The third-order valence-corrected chi connectivity index (χ3v) is 5.88. The Morgan fingerprint density at radius 3 is 2.66 bits per heavy atom. The predicted octanol–water partition coefficient (Wildman–Crippen LogP) is 4.34. The van der Waals surface area contributed by atoms with Gasteiger partial charge in [-0.05, 0) is 31.9 Å². The molecule has 32 heavy (non-hydrogen) atoms. The lowest BCUT2D eigenvalue weighted by Gasteiger charge is -2.41. The number of halogens is 4. The Hall–Kier alpha value is -3.21. The zero-order valence-corrected chi connectivity index (χ0v) is 16.8. The number of hydrogen-bond acceptors (Lipinski definition) is 5. The highest BCUT2D eigenvalue weighted by atomic mass is 19.3. The number of nitrogens with zero attached hydrogens (tertiary/aromatic N) is 3. The summed E-state index contributed by atoms with van der Waals surface area (Å²) in [6.07, 6.45) is 1.92. The Balaban J connectivity index is 1.48. The molecule has 3 fully saturated rings. The first-order valence-corrected chi connectivity index (χ1v) is 9.85. The normalized spacial score (nSPS) is 24.2. The van der Waals surface area contributed by atoms with Gasteiger partial charge in [0.05, 0.1) is 23.6 Å². The molecule has 168 valence electrons. The molecule has 2 saturated heterocycles. The smallest absolute Gasteiger partial charge is 0.387 e. The standard InChI is InChI=1S/C21H18F4N4O3/c1-20-8-21(9-20,10-31-20)15-7-29-6-11(5-14(17(29)28-15)32-19(24)25)26-18(30)13-4-2-3-12(27-13)16(22)23/h2-7,16,19H,8-10H2,1H3,(H,26,30). The molecule has 1 saturated carbocycles. The van der Waals surface area contributed by atoms with Crippen molar-refractivity contribution in [2.24, 2.45) is 0 Å². The summed E-state index contributed by atoms with van der Waals surface area (Å²) in [5.41, 5.74) is -0.249. The summed E-state index contributed by atoms with van der Waals surface area (Å²) in [6, 6.07) is 4.88. The number of carbonyl (C=O) groups excluding carboxylic acids is 1. The van der Waals surface area contributed by atoms with Crippen molar-refractivity contribution in [2.45, 2.75) is 43.8 Å². The van der Waals surface area contributed by atoms with Crippen molar-refractivity contribution in [3.05, 3.63) is 53.7 Å². The first-order chi connectivity index (χ1) is 15.2. The Kier molecular flexibility index (Phi) is 4.63. The number of imidazole rings is 1. The number of nitrogens with one attached hydrogen (secondary N) is 1. The van der Waals surface area contributed by atoms with E-state index in [0.717, 1.165) is 18.9 Å². The molecule has 0 spiro atoms. The number of fused-ring (bicyclic) bond motifs is 2. The molecular weight excluding hydrogens is 432 g/mol. The number of aromatic nitrogens is 3. The van der Waals surface area contributed by atoms with Gasteiger partial charge in [-0.15, -0.1) is 0 Å². The van der Waals surface area contributed by atoms with Gasteiger partial charge in [-0.25, -0.2) is 18.7 Å². The zero-order chi connectivity index (χ0) is 22.7. The second-order valence-electron chi connectivity index (χ2n) is 8.40. The van der Waals surface area contributed by atoms with Crippen LogP contribution in [0.2, 0.25) is 0 Å². The second kappa shape index (κ2) is 7.16. The minimum atomic E-state index is -3.10. The minimum absolute atomic E-state index is 0.116. The van der Waals surface area contributed by atoms with E-state index >= 15 is 0 Å². The highest BCUT2D eigenvalue weighted by Gasteiger charge is 2.61. The number of anilines is 1. The lowest BCUT2D eigenvalue weighted by Crippen LogP contribution is -2.45. The number of hydrogen-bond donors (Lipinski definition) is 1. The van der Waals surface area contributed by atoms with E-state index in [2.05, 4.69) is 20.0 Å². The number of amides is 1. The summed E-state index contributed by atoms with van der Waals surface area (Å²) in [7, 11) is 0. The van der Waals surface area contributed by atoms with E-state index in [1.54, 1.807) is 6.20 Å². The molecule has 0 aromatic carbocycles. The first-order valence-electron chi connectivity index (χ1n) is 9.85. The van der Waals surface area contributed by atoms with Crippen LogP contribution in [0.15, 0.2) is 36.7 Å². The number of pyridine rings is 2. The lowest BCUT2D eigenvalue weighted by atomic mass is 9.62. The SMILES string of the molecule is CC12CC(c3cn4cc(NC(=O)c5cccc(C(F)F)n5)cc(OC(F)F)c4n3)(CO1)C2. The van der Waals surface area contributed by atoms with Crippen LogP contribution in [0.3, 0.4) is 0 Å². The number of carbonyl (C=O) groups is 1. The molecule has 0 radical (unpaired) electrons. The average molecular weight is 450 g/mol. The topological polar surface area (TPSA) is 77.8 Å². The molecule has 1 N–H and O–H groups in total. The van der Waals surface area contributed by atoms with Crippen LogP contribution in [0.4, 0.5) is 23.2 Å². The van der Waals surface area contributed by atoms with Crippen LogP contribution < -0.4 is 10.1 Å². The van der Waals surface area contributed by atoms with E-state index in [-0.39, 0.29) is 33.8 Å². The van der Waals surface area contributed by atoms with Crippen molar-refractivity contribution in [1.82, 2.24) is 14.4 Å². The van der Waals surface area contributed by atoms with Crippen LogP contribution in [0.1, 0.15) is 48.1 Å². The predicted molar refractivity (Wildman–Crippen MR) is 104 cm³/mol. The second-order valence-corrected chi connectivity index (χ2v) is 8.40. The van der Waals surface area contributed by atoms with Crippen molar-refractivity contribution in [3.63, 3.8) is 0 Å². The number of alkyl halides is 4. The van der Waals surface area contributed by atoms with Gasteiger partial charge in [-0.1, -0.05) is 6.07 Å². The maximum atomic E-state index is 13.0. The van der Waals surface area contributed by atoms with E-state index in [4.69, 9.17) is 4.74 Å². The van der Waals surface area contributed by atoms with Crippen molar-refractivity contribution in [1.29, 1.82) is 0 Å². The molecule has 0 atom stereocenters. The Morgan fingerprint density at radius 2 is 2.00 bits per heavy atom. The summed E-state index contributed by atoms with van der Waals surface area (Å²) in [5.74, 6) is -0.997. The first kappa shape index (κ1) is 20.7. The molecule has 7 nitrogen and oxygen atoms in total. The maximum absolute atomic E-state index is 13.0. The van der Waals surface area contributed by atoms with Gasteiger partial charge in [-0.2, -0.15) is 8.78 Å². The van der Waals surface area contributed by atoms with Gasteiger partial charge in [0.25, 0.3) is 12.3 Å². The van der Waals surface area contributed by atoms with Gasteiger partial charge in [0.15, 0.2) is 11.4 Å². The quantitative estimate of drug-likeness (QED) is 0.566. The van der Waals surface area contributed by atoms with E-state index in [9.17, 15) is 22.4 Å². The molecule has 2 bridgehead atoms. The molecule has 3 aliphatic rings. The molecule has 1 aliphatic carbocycles. The molecule has 3 aromatic rings. The highest BCUT2D eigenvalue weighted by Crippen LogP contribution is 2.58. The van der Waals surface area contributed by atoms with Gasteiger partial charge in [0.1, 0.15) is 11.4 Å². The lowest BCUT2D eigenvalue weighted by molar-refractivity contribution is -0.0491. The molecule has 2 aliphatic heterocycles. The van der Waals surface area contributed by atoms with Crippen LogP contribution >= 0.6 is 0 Å². The van der Waals surface area contributed by atoms with Crippen LogP contribution in [-0.4, -0.2) is 39.1 Å². The molecule has 6 rings (SSSR count). The summed E-state index contributed by atoms with van der Waals surface area (Å²) < 4.78 is 63.7. The van der Waals surface area contributed by atoms with Gasteiger partial charge in [-0.3, -0.25) is 4.79 Å². The zero-order valence-electron chi connectivity index (χ0n) is 16.8. The number of rotatable bonds is 6. The largest absolute Gasteiger partial charge is 0.431 e. The van der Waals surface area contributed by atoms with Crippen molar-refractivity contribution in [2.75, 3.05) is 11.9 Å². The fraction of sp³-hybridized carbons (Fsp3) is 0.381. The maximum Gasteiger partial charge on any atom is 0.387 e. The third kappa shape index (κ3) is 3.46. The highest BCUT2D eigenvalue weighted by molar-refractivity contribution is 6.03. The number of ether oxygens (including phenoxy) is 2. The van der Waals surface area contributed by atoms with E-state index < -0.39 is 24.6 Å². The van der Waals surface area contributed by atoms with Gasteiger partial charge >= 0.3 is 6.61 Å².